The molecule has 3 N–H and O–H groups in total. The highest BCUT2D eigenvalue weighted by Gasteiger charge is 2.33. The van der Waals surface area contributed by atoms with Crippen LogP contribution in [-0.4, -0.2) is 20.5 Å². The molecule has 0 spiro atoms. The fraction of sp³-hybridized carbons (Fsp3) is 0.235. The molecule has 7 heteroatoms. The van der Waals surface area contributed by atoms with Gasteiger partial charge in [-0.1, -0.05) is 25.1 Å². The van der Waals surface area contributed by atoms with Crippen LogP contribution in [0.2, 0.25) is 0 Å². The molecule has 1 aliphatic heterocycles. The van der Waals surface area contributed by atoms with Gasteiger partial charge in [-0.05, 0) is 48.7 Å². The highest BCUT2D eigenvalue weighted by Crippen LogP contribution is 2.27. The van der Waals surface area contributed by atoms with Crippen LogP contribution < -0.4 is 15.4 Å². The van der Waals surface area contributed by atoms with Crippen LogP contribution in [0.4, 0.5) is 11.4 Å². The third-order valence-corrected chi connectivity index (χ3v) is 5.34. The van der Waals surface area contributed by atoms with Gasteiger partial charge in [0.2, 0.25) is 10.0 Å². The van der Waals surface area contributed by atoms with Crippen LogP contribution in [0.1, 0.15) is 18.1 Å². The molecule has 0 bridgehead atoms. The van der Waals surface area contributed by atoms with Crippen molar-refractivity contribution in [3.63, 3.8) is 0 Å². The normalized spacial score (nSPS) is 18.3. The van der Waals surface area contributed by atoms with E-state index in [2.05, 4.69) is 15.4 Å². The first-order chi connectivity index (χ1) is 11.4. The molecule has 24 heavy (non-hydrogen) atoms. The Hall–Kier alpha value is -2.38. The lowest BCUT2D eigenvalue weighted by Gasteiger charge is -2.27. The average Bonchev–Trinajstić information content (AvgIpc) is 2.53. The Labute approximate surface area is 141 Å². The number of rotatable bonds is 3. The van der Waals surface area contributed by atoms with Crippen molar-refractivity contribution in [2.75, 3.05) is 10.6 Å². The van der Waals surface area contributed by atoms with Crippen LogP contribution in [0, 0.1) is 6.92 Å². The van der Waals surface area contributed by atoms with Crippen molar-refractivity contribution in [2.24, 2.45) is 0 Å². The quantitative estimate of drug-likeness (QED) is 0.796. The van der Waals surface area contributed by atoms with E-state index in [1.807, 2.05) is 32.0 Å². The molecular weight excluding hydrogens is 326 g/mol. The standard InChI is InChI=1S/C17H19N3O3S/c1-3-12-5-4-6-13(10-12)18-17(21)16-19-14-9-11(2)7-8-15(14)24(22,23)20-16/h4-10,16,19-20H,3H2,1-2H3,(H,18,21). The van der Waals surface area contributed by atoms with Crippen molar-refractivity contribution >= 4 is 27.3 Å². The maximum absolute atomic E-state index is 12.4. The number of hydrogen-bond donors (Lipinski definition) is 3. The zero-order chi connectivity index (χ0) is 17.3. The Bertz CT molecular complexity index is 894. The largest absolute Gasteiger partial charge is 0.360 e. The number of benzene rings is 2. The van der Waals surface area contributed by atoms with Gasteiger partial charge in [-0.15, -0.1) is 0 Å². The van der Waals surface area contributed by atoms with E-state index in [1.54, 1.807) is 18.2 Å². The summed E-state index contributed by atoms with van der Waals surface area (Å²) >= 11 is 0. The summed E-state index contributed by atoms with van der Waals surface area (Å²) in [7, 11) is -3.73. The SMILES string of the molecule is CCc1cccc(NC(=O)C2Nc3cc(C)ccc3S(=O)(=O)N2)c1. The number of aryl methyl sites for hydroxylation is 2. The van der Waals surface area contributed by atoms with Crippen LogP contribution in [0.3, 0.4) is 0 Å². The molecule has 1 heterocycles. The lowest BCUT2D eigenvalue weighted by molar-refractivity contribution is -0.117. The highest BCUT2D eigenvalue weighted by molar-refractivity contribution is 7.89. The number of carbonyl (C=O) groups excluding carboxylic acids is 1. The molecule has 0 saturated heterocycles. The van der Waals surface area contributed by atoms with Crippen molar-refractivity contribution in [1.29, 1.82) is 0 Å². The van der Waals surface area contributed by atoms with Crippen LogP contribution in [-0.2, 0) is 21.2 Å². The van der Waals surface area contributed by atoms with Crippen LogP contribution in [0.5, 0.6) is 0 Å². The minimum Gasteiger partial charge on any atom is -0.360 e. The smallest absolute Gasteiger partial charge is 0.262 e. The topological polar surface area (TPSA) is 87.3 Å². The Morgan fingerprint density at radius 3 is 2.75 bits per heavy atom. The lowest BCUT2D eigenvalue weighted by atomic mass is 10.1. The minimum absolute atomic E-state index is 0.144. The van der Waals surface area contributed by atoms with E-state index in [9.17, 15) is 13.2 Å². The predicted molar refractivity (Wildman–Crippen MR) is 93.4 cm³/mol. The van der Waals surface area contributed by atoms with Crippen molar-refractivity contribution in [2.45, 2.75) is 31.3 Å². The second-order valence-electron chi connectivity index (χ2n) is 5.74. The third kappa shape index (κ3) is 3.27. The Balaban J connectivity index is 1.84. The molecular formula is C17H19N3O3S. The van der Waals surface area contributed by atoms with E-state index in [1.165, 1.54) is 6.07 Å². The van der Waals surface area contributed by atoms with E-state index in [4.69, 9.17) is 0 Å². The number of nitrogens with one attached hydrogen (secondary N) is 3. The van der Waals surface area contributed by atoms with Gasteiger partial charge in [-0.2, -0.15) is 4.72 Å². The Morgan fingerprint density at radius 1 is 1.21 bits per heavy atom. The van der Waals surface area contributed by atoms with Crippen molar-refractivity contribution in [3.8, 4) is 0 Å². The highest BCUT2D eigenvalue weighted by atomic mass is 32.2. The lowest BCUT2D eigenvalue weighted by Crippen LogP contribution is -2.51. The predicted octanol–water partition coefficient (Wildman–Crippen LogP) is 2.23. The number of amides is 1. The van der Waals surface area contributed by atoms with Gasteiger partial charge in [0.05, 0.1) is 5.69 Å². The summed E-state index contributed by atoms with van der Waals surface area (Å²) in [5.74, 6) is -0.459. The third-order valence-electron chi connectivity index (χ3n) is 3.86. The molecule has 126 valence electrons. The van der Waals surface area contributed by atoms with E-state index >= 15 is 0 Å². The molecule has 6 nitrogen and oxygen atoms in total. The van der Waals surface area contributed by atoms with Gasteiger partial charge >= 0.3 is 0 Å². The first-order valence-electron chi connectivity index (χ1n) is 7.68. The molecule has 0 aliphatic carbocycles. The molecule has 0 aromatic heterocycles. The Morgan fingerprint density at radius 2 is 2.00 bits per heavy atom. The summed E-state index contributed by atoms with van der Waals surface area (Å²) in [6, 6.07) is 12.4. The first-order valence-corrected chi connectivity index (χ1v) is 9.16. The number of carbonyl (C=O) groups is 1. The minimum atomic E-state index is -3.73. The zero-order valence-electron chi connectivity index (χ0n) is 13.5. The van der Waals surface area contributed by atoms with E-state index in [0.717, 1.165) is 17.5 Å². The van der Waals surface area contributed by atoms with Crippen LogP contribution in [0.15, 0.2) is 47.4 Å². The van der Waals surface area contributed by atoms with Gasteiger partial charge in [-0.25, -0.2) is 8.42 Å². The molecule has 2 aromatic rings. The fourth-order valence-corrected chi connectivity index (χ4v) is 3.85. The maximum Gasteiger partial charge on any atom is 0.262 e. The molecule has 1 unspecified atom stereocenters. The summed E-state index contributed by atoms with van der Waals surface area (Å²) in [6.45, 7) is 3.89. The van der Waals surface area contributed by atoms with Gasteiger partial charge in [0, 0.05) is 5.69 Å². The second kappa shape index (κ2) is 6.26. The summed E-state index contributed by atoms with van der Waals surface area (Å²) in [5, 5.41) is 5.68. The zero-order valence-corrected chi connectivity index (χ0v) is 14.3. The molecule has 2 aromatic carbocycles. The summed E-state index contributed by atoms with van der Waals surface area (Å²) in [6.07, 6.45) is -0.209. The van der Waals surface area contributed by atoms with E-state index < -0.39 is 22.1 Å². The van der Waals surface area contributed by atoms with Crippen molar-refractivity contribution in [1.82, 2.24) is 4.72 Å². The number of hydrogen-bond acceptors (Lipinski definition) is 4. The van der Waals surface area contributed by atoms with Gasteiger partial charge in [0.25, 0.3) is 5.91 Å². The number of fused-ring (bicyclic) bond motifs is 1. The second-order valence-corrected chi connectivity index (χ2v) is 7.42. The van der Waals surface area contributed by atoms with Crippen molar-refractivity contribution in [3.05, 3.63) is 53.6 Å². The maximum atomic E-state index is 12.4. The summed E-state index contributed by atoms with van der Waals surface area (Å²) in [5.41, 5.74) is 3.06. The van der Waals surface area contributed by atoms with Crippen LogP contribution in [0.25, 0.3) is 0 Å². The molecule has 1 amide bonds. The average molecular weight is 345 g/mol. The van der Waals surface area contributed by atoms with Gasteiger partial charge in [0.1, 0.15) is 4.90 Å². The van der Waals surface area contributed by atoms with Gasteiger partial charge in [-0.3, -0.25) is 4.79 Å². The van der Waals surface area contributed by atoms with Crippen molar-refractivity contribution < 1.29 is 13.2 Å². The molecule has 0 saturated carbocycles. The van der Waals surface area contributed by atoms with Gasteiger partial charge in [0.15, 0.2) is 6.17 Å². The summed E-state index contributed by atoms with van der Waals surface area (Å²) < 4.78 is 27.0. The van der Waals surface area contributed by atoms with E-state index in [-0.39, 0.29) is 4.90 Å². The number of sulfonamides is 1. The fourth-order valence-electron chi connectivity index (χ4n) is 2.60. The molecule has 0 radical (unpaired) electrons. The monoisotopic (exact) mass is 345 g/mol. The first kappa shape index (κ1) is 16.5. The Kier molecular flexibility index (Phi) is 4.29. The molecule has 0 fully saturated rings. The molecule has 3 rings (SSSR count). The molecule has 1 atom stereocenters. The summed E-state index contributed by atoms with van der Waals surface area (Å²) in [4.78, 5) is 12.6. The molecule has 1 aliphatic rings. The van der Waals surface area contributed by atoms with E-state index in [0.29, 0.717) is 11.4 Å². The number of anilines is 2. The van der Waals surface area contributed by atoms with Crippen LogP contribution >= 0.6 is 0 Å². The van der Waals surface area contributed by atoms with Gasteiger partial charge < -0.3 is 10.6 Å².